The highest BCUT2D eigenvalue weighted by atomic mass is 127. The van der Waals surface area contributed by atoms with Gasteiger partial charge in [-0.3, -0.25) is 0 Å². The highest BCUT2D eigenvalue weighted by Crippen LogP contribution is 2.51. The van der Waals surface area contributed by atoms with Crippen molar-refractivity contribution in [2.45, 2.75) is 33.2 Å². The van der Waals surface area contributed by atoms with Crippen LogP contribution < -0.4 is 25.6 Å². The van der Waals surface area contributed by atoms with E-state index in [1.807, 2.05) is 0 Å². The first-order chi connectivity index (χ1) is 9.81. The Balaban J connectivity index is 2.36. The molecule has 1 radical (unpaired) electrons. The molecule has 0 amide bonds. The number of nitrogens with zero attached hydrogens (tertiary/aromatic N) is 1. The van der Waals surface area contributed by atoms with E-state index < -0.39 is 0 Å². The van der Waals surface area contributed by atoms with Crippen LogP contribution in [0, 0.1) is 13.8 Å². The summed E-state index contributed by atoms with van der Waals surface area (Å²) in [5.74, 6) is 0. The zero-order valence-corrected chi connectivity index (χ0v) is 15.2. The molecule has 0 saturated carbocycles. The van der Waals surface area contributed by atoms with Crippen LogP contribution in [0.15, 0.2) is 49.0 Å². The van der Waals surface area contributed by atoms with Gasteiger partial charge in [0.2, 0.25) is 0 Å². The minimum absolute atomic E-state index is 0.0373. The Hall–Kier alpha value is -1.13. The van der Waals surface area contributed by atoms with Crippen LogP contribution >= 0.6 is 0 Å². The largest absolute Gasteiger partial charge is 0.458 e. The molecule has 1 unspecified atom stereocenters. The Bertz CT molecular complexity index is 731. The van der Waals surface area contributed by atoms with Crippen LogP contribution in [0.2, 0.25) is 0 Å². The zero-order valence-electron chi connectivity index (χ0n) is 13.1. The molecular formula is C19H21IN. The molecule has 0 bridgehead atoms. The molecule has 0 N–H and O–H groups in total. The Kier molecular flexibility index (Phi) is 3.30. The van der Waals surface area contributed by atoms with Crippen LogP contribution in [0.25, 0.3) is 5.70 Å². The summed E-state index contributed by atoms with van der Waals surface area (Å²) in [7, 11) is 0. The normalized spacial score (nSPS) is 23.2. The lowest BCUT2D eigenvalue weighted by molar-refractivity contribution is -0.557. The van der Waals surface area contributed by atoms with Gasteiger partial charge < -0.3 is 25.6 Å². The zero-order chi connectivity index (χ0) is 15.4. The number of aryl methyl sites for hydroxylation is 2. The first-order valence-electron chi connectivity index (χ1n) is 7.26. The van der Waals surface area contributed by atoms with E-state index in [1.165, 1.54) is 33.6 Å². The molecule has 1 nitrogen and oxygen atoms in total. The average molecular weight is 390 g/mol. The van der Waals surface area contributed by atoms with Crippen molar-refractivity contribution >= 4 is 11.4 Å². The molecule has 3 rings (SSSR count). The van der Waals surface area contributed by atoms with Gasteiger partial charge in [0.25, 0.3) is 0 Å². The van der Waals surface area contributed by atoms with Crippen molar-refractivity contribution < 1.29 is 22.9 Å². The van der Waals surface area contributed by atoms with E-state index in [2.05, 4.69) is 99.6 Å². The number of hydrogen-bond acceptors (Lipinski definition) is 0. The molecule has 21 heavy (non-hydrogen) atoms. The van der Waals surface area contributed by atoms with Gasteiger partial charge in [0.1, 0.15) is 16.9 Å². The van der Waals surface area contributed by atoms with Gasteiger partial charge in [0.15, 0.2) is 0 Å². The molecule has 1 aliphatic heterocycles. The molecule has 2 heteroatoms. The molecule has 2 aromatic rings. The summed E-state index contributed by atoms with van der Waals surface area (Å²) in [4.78, 5) is 0. The average Bonchev–Trinajstić information content (AvgIpc) is 2.63. The molecule has 1 aliphatic rings. The van der Waals surface area contributed by atoms with Gasteiger partial charge in [-0.1, -0.05) is 30.3 Å². The number of hydrogen-bond donors (Lipinski definition) is 0. The Labute approximate surface area is 141 Å². The van der Waals surface area contributed by atoms with Crippen molar-refractivity contribution in [2.75, 3.05) is 0 Å². The standard InChI is InChI=1S/C19H21IN/c1-13-11-12-14(2)18-17(13)15(3)21(20,19(18,4)5)16-9-7-6-8-10-16/h6-12H,3H2,1-2,4-5H3. The van der Waals surface area contributed by atoms with E-state index in [9.17, 15) is 0 Å². The van der Waals surface area contributed by atoms with Crippen LogP contribution in [0.4, 0.5) is 5.69 Å². The van der Waals surface area contributed by atoms with Crippen LogP contribution in [-0.2, 0) is 5.54 Å². The Morgan fingerprint density at radius 3 is 2.10 bits per heavy atom. The first kappa shape index (κ1) is 14.8. The molecule has 1 atom stereocenters. The van der Waals surface area contributed by atoms with Crippen molar-refractivity contribution in [3.63, 3.8) is 0 Å². The van der Waals surface area contributed by atoms with Crippen LogP contribution in [0.3, 0.4) is 0 Å². The fraction of sp³-hybridized carbons (Fsp3) is 0.263. The van der Waals surface area contributed by atoms with Gasteiger partial charge in [0, 0.05) is 11.1 Å². The molecule has 0 aliphatic carbocycles. The lowest BCUT2D eigenvalue weighted by atomic mass is 9.87. The Morgan fingerprint density at radius 1 is 0.952 bits per heavy atom. The summed E-state index contributed by atoms with van der Waals surface area (Å²) in [6.07, 6.45) is 0. The monoisotopic (exact) mass is 390 g/mol. The number of para-hydroxylation sites is 1. The highest BCUT2D eigenvalue weighted by Gasteiger charge is 2.50. The minimum Gasteiger partial charge on any atom is -0.458 e. The van der Waals surface area contributed by atoms with Crippen molar-refractivity contribution in [1.82, 2.24) is 2.70 Å². The first-order valence-corrected chi connectivity index (χ1v) is 8.23. The summed E-state index contributed by atoms with van der Waals surface area (Å²) in [5.41, 5.74) is 7.88. The summed E-state index contributed by atoms with van der Waals surface area (Å²) < 4.78 is 0.715. The summed E-state index contributed by atoms with van der Waals surface area (Å²) in [6, 6.07) is 15.2. The van der Waals surface area contributed by atoms with Crippen molar-refractivity contribution in [3.05, 3.63) is 71.3 Å². The minimum atomic E-state index is -0.0373. The lowest BCUT2D eigenvalue weighted by Gasteiger charge is -2.51. The van der Waals surface area contributed by atoms with Crippen LogP contribution in [0.1, 0.15) is 36.1 Å². The van der Waals surface area contributed by atoms with Crippen molar-refractivity contribution in [2.24, 2.45) is 0 Å². The fourth-order valence-corrected chi connectivity index (χ4v) is 4.53. The number of benzene rings is 2. The maximum absolute atomic E-state index is 4.49. The SMILES string of the molecule is C=C1c2c(C)ccc(C)c2C(C)(C)[N+]1([I-])c1ccccc1. The van der Waals surface area contributed by atoms with E-state index in [4.69, 9.17) is 0 Å². The third-order valence-electron chi connectivity index (χ3n) is 4.78. The molecule has 109 valence electrons. The Morgan fingerprint density at radius 2 is 1.52 bits per heavy atom. The van der Waals surface area contributed by atoms with E-state index in [0.717, 1.165) is 0 Å². The smallest absolute Gasteiger partial charge is 0.117 e. The third-order valence-corrected chi connectivity index (χ3v) is 7.12. The third kappa shape index (κ3) is 1.78. The van der Waals surface area contributed by atoms with E-state index in [-0.39, 0.29) is 5.54 Å². The summed E-state index contributed by atoms with van der Waals surface area (Å²) >= 11 is 2.57. The molecule has 1 heterocycles. The summed E-state index contributed by atoms with van der Waals surface area (Å²) in [5, 5.41) is 0. The molecule has 0 aromatic heterocycles. The summed E-state index contributed by atoms with van der Waals surface area (Å²) in [6.45, 7) is 13.6. The van der Waals surface area contributed by atoms with Gasteiger partial charge in [0.05, 0.1) is 0 Å². The maximum atomic E-state index is 4.49. The van der Waals surface area contributed by atoms with Gasteiger partial charge in [-0.05, 0) is 57.5 Å². The quantitative estimate of drug-likeness (QED) is 0.516. The van der Waals surface area contributed by atoms with Crippen LogP contribution in [0.5, 0.6) is 0 Å². The molecule has 0 fully saturated rings. The number of rotatable bonds is 1. The molecular weight excluding hydrogens is 369 g/mol. The second kappa shape index (κ2) is 4.68. The van der Waals surface area contributed by atoms with Gasteiger partial charge >= 0.3 is 0 Å². The molecule has 2 aromatic carbocycles. The van der Waals surface area contributed by atoms with Gasteiger partial charge in [-0.25, -0.2) is 0 Å². The lowest BCUT2D eigenvalue weighted by Crippen LogP contribution is -3.48. The highest BCUT2D eigenvalue weighted by molar-refractivity contribution is 5.83. The van der Waals surface area contributed by atoms with Crippen molar-refractivity contribution in [1.29, 1.82) is 0 Å². The maximum Gasteiger partial charge on any atom is 0.117 e. The number of halogens is 1. The topological polar surface area (TPSA) is 0 Å². The fourth-order valence-electron chi connectivity index (χ4n) is 3.73. The van der Waals surface area contributed by atoms with Gasteiger partial charge in [-0.15, -0.1) is 0 Å². The predicted octanol–water partition coefficient (Wildman–Crippen LogP) is 2.00. The van der Waals surface area contributed by atoms with Crippen LogP contribution in [-0.4, -0.2) is 0 Å². The van der Waals surface area contributed by atoms with E-state index >= 15 is 0 Å². The molecule has 0 spiro atoms. The number of fused-ring (bicyclic) bond motifs is 1. The van der Waals surface area contributed by atoms with E-state index in [0.29, 0.717) is 2.70 Å². The predicted molar refractivity (Wildman–Crippen MR) is 86.2 cm³/mol. The van der Waals surface area contributed by atoms with Crippen molar-refractivity contribution in [3.8, 4) is 0 Å². The second-order valence-electron chi connectivity index (χ2n) is 6.38. The molecule has 0 saturated heterocycles. The van der Waals surface area contributed by atoms with Gasteiger partial charge in [-0.2, -0.15) is 0 Å². The second-order valence-corrected chi connectivity index (χ2v) is 7.83. The number of quaternary nitrogens is 1. The van der Waals surface area contributed by atoms with E-state index in [1.54, 1.807) is 0 Å².